The van der Waals surface area contributed by atoms with Crippen molar-refractivity contribution in [2.75, 3.05) is 0 Å². The fraction of sp³-hybridized carbons (Fsp3) is 0.600. The topological polar surface area (TPSA) is 0 Å². The first-order valence-electron chi connectivity index (χ1n) is 8.61. The Morgan fingerprint density at radius 1 is 0.810 bits per heavy atom. The summed E-state index contributed by atoms with van der Waals surface area (Å²) in [5.74, 6) is 0. The van der Waals surface area contributed by atoms with Gasteiger partial charge in [0.05, 0.1) is 0 Å². The van der Waals surface area contributed by atoms with Crippen LogP contribution in [0.4, 0.5) is 0 Å². The normalized spacial score (nSPS) is 30.7. The van der Waals surface area contributed by atoms with E-state index in [0.29, 0.717) is 6.34 Å². The Hall–Kier alpha value is -0.170. The molecule has 2 unspecified atom stereocenters. The Morgan fingerprint density at radius 3 is 1.62 bits per heavy atom. The summed E-state index contributed by atoms with van der Waals surface area (Å²) in [4.78, 5) is 0. The molecule has 0 aromatic carbocycles. The standard InChI is InChI=1S/2C10H15.Hf/c2*1-3-4-7-10-8-5-6-9(10)2;/h2*5-6,8H,3-4,7H2,1-2H3;. The van der Waals surface area contributed by atoms with Crippen molar-refractivity contribution in [2.24, 2.45) is 0 Å². The molecule has 0 heterocycles. The molecule has 0 saturated heterocycles. The summed E-state index contributed by atoms with van der Waals surface area (Å²) in [5, 5.41) is 0. The van der Waals surface area contributed by atoms with Gasteiger partial charge in [-0.05, 0) is 0 Å². The van der Waals surface area contributed by atoms with Crippen LogP contribution < -0.4 is 0 Å². The first-order chi connectivity index (χ1) is 10.0. The van der Waals surface area contributed by atoms with E-state index in [9.17, 15) is 0 Å². The molecule has 0 nitrogen and oxygen atoms in total. The van der Waals surface area contributed by atoms with Gasteiger partial charge in [0.1, 0.15) is 0 Å². The van der Waals surface area contributed by atoms with E-state index in [0.717, 1.165) is 0 Å². The number of rotatable bonds is 8. The summed E-state index contributed by atoms with van der Waals surface area (Å²) in [6.45, 7) is 9.65. The van der Waals surface area contributed by atoms with E-state index < -0.39 is 22.9 Å². The molecule has 2 rings (SSSR count). The molecule has 0 spiro atoms. The van der Waals surface area contributed by atoms with Gasteiger partial charge in [0.2, 0.25) is 0 Å². The quantitative estimate of drug-likeness (QED) is 0.358. The van der Waals surface area contributed by atoms with Crippen LogP contribution in [0.15, 0.2) is 47.6 Å². The van der Waals surface area contributed by atoms with Gasteiger partial charge in [-0.15, -0.1) is 0 Å². The zero-order valence-electron chi connectivity index (χ0n) is 14.2. The van der Waals surface area contributed by atoms with Crippen molar-refractivity contribution in [1.29, 1.82) is 0 Å². The maximum atomic E-state index is 2.52. The van der Waals surface area contributed by atoms with Crippen LogP contribution in [-0.4, -0.2) is 0 Å². The van der Waals surface area contributed by atoms with Crippen LogP contribution in [0.5, 0.6) is 0 Å². The molecule has 0 amide bonds. The molecular weight excluding hydrogens is 419 g/mol. The molecule has 1 heteroatoms. The van der Waals surface area contributed by atoms with E-state index in [-0.39, 0.29) is 0 Å². The minimum atomic E-state index is -0.894. The van der Waals surface area contributed by atoms with Gasteiger partial charge in [-0.2, -0.15) is 0 Å². The van der Waals surface area contributed by atoms with Crippen molar-refractivity contribution in [3.63, 3.8) is 0 Å². The van der Waals surface area contributed by atoms with Crippen LogP contribution in [0.1, 0.15) is 66.2 Å². The van der Waals surface area contributed by atoms with Crippen LogP contribution >= 0.6 is 0 Å². The number of allylic oxidation sites excluding steroid dienone is 8. The number of hydrogen-bond donors (Lipinski definition) is 0. The van der Waals surface area contributed by atoms with E-state index in [1.54, 1.807) is 11.1 Å². The third kappa shape index (κ3) is 3.97. The van der Waals surface area contributed by atoms with Gasteiger partial charge in [-0.3, -0.25) is 0 Å². The predicted octanol–water partition coefficient (Wildman–Crippen LogP) is 6.80. The van der Waals surface area contributed by atoms with Gasteiger partial charge in [-0.25, -0.2) is 0 Å². The first kappa shape index (κ1) is 17.2. The summed E-state index contributed by atoms with van der Waals surface area (Å²) in [6.07, 6.45) is 22.5. The van der Waals surface area contributed by atoms with Crippen LogP contribution in [0.3, 0.4) is 0 Å². The molecular formula is C20H30Hf. The molecule has 0 saturated carbocycles. The van der Waals surface area contributed by atoms with Gasteiger partial charge in [0.25, 0.3) is 0 Å². The van der Waals surface area contributed by atoms with Crippen LogP contribution in [0.2, 0.25) is 6.34 Å². The predicted molar refractivity (Wildman–Crippen MR) is 90.2 cm³/mol. The molecule has 2 aliphatic carbocycles. The second-order valence-electron chi connectivity index (χ2n) is 6.84. The number of hydrogen-bond acceptors (Lipinski definition) is 0. The van der Waals surface area contributed by atoms with E-state index in [4.69, 9.17) is 0 Å². The average molecular weight is 449 g/mol. The molecule has 0 aliphatic heterocycles. The zero-order valence-corrected chi connectivity index (χ0v) is 17.8. The second kappa shape index (κ2) is 7.40. The Kier molecular flexibility index (Phi) is 6.05. The summed E-state index contributed by atoms with van der Waals surface area (Å²) in [6, 6.07) is 0. The third-order valence-corrected chi connectivity index (χ3v) is 12.1. The average Bonchev–Trinajstić information content (AvgIpc) is 2.97. The maximum absolute atomic E-state index is 2.52. The van der Waals surface area contributed by atoms with Crippen molar-refractivity contribution >= 4 is 0 Å². The molecule has 0 fully saturated rings. The van der Waals surface area contributed by atoms with Gasteiger partial charge in [0.15, 0.2) is 0 Å². The van der Waals surface area contributed by atoms with E-state index in [1.165, 1.54) is 38.5 Å². The molecule has 114 valence electrons. The second-order valence-corrected chi connectivity index (χ2v) is 15.2. The molecule has 2 atom stereocenters. The van der Waals surface area contributed by atoms with Crippen molar-refractivity contribution in [3.05, 3.63) is 47.6 Å². The summed E-state index contributed by atoms with van der Waals surface area (Å²) >= 11 is -0.894. The molecule has 0 radical (unpaired) electrons. The summed E-state index contributed by atoms with van der Waals surface area (Å²) in [5.41, 5.74) is 3.45. The van der Waals surface area contributed by atoms with E-state index in [1.807, 2.05) is 0 Å². The monoisotopic (exact) mass is 450 g/mol. The van der Waals surface area contributed by atoms with Crippen LogP contribution in [0.25, 0.3) is 0 Å². The van der Waals surface area contributed by atoms with Gasteiger partial charge >= 0.3 is 143 Å². The SMILES string of the molecule is CCCCC1=CC=C[C]1(C)[Hf][C]1(C)C=CC=C1CCCC. The number of unbranched alkanes of at least 4 members (excludes halogenated alkanes) is 2. The van der Waals surface area contributed by atoms with Gasteiger partial charge in [0, 0.05) is 0 Å². The van der Waals surface area contributed by atoms with Crippen LogP contribution in [-0.2, 0) is 22.9 Å². The summed E-state index contributed by atoms with van der Waals surface area (Å²) in [7, 11) is 0. The molecule has 0 bridgehead atoms. The Labute approximate surface area is 142 Å². The van der Waals surface area contributed by atoms with E-state index >= 15 is 0 Å². The molecule has 21 heavy (non-hydrogen) atoms. The minimum absolute atomic E-state index is 0.448. The Balaban J connectivity index is 2.09. The third-order valence-electron chi connectivity index (χ3n) is 4.91. The van der Waals surface area contributed by atoms with Crippen LogP contribution in [0, 0.1) is 0 Å². The van der Waals surface area contributed by atoms with Gasteiger partial charge < -0.3 is 0 Å². The fourth-order valence-corrected chi connectivity index (χ4v) is 11.3. The van der Waals surface area contributed by atoms with Crippen molar-refractivity contribution in [2.45, 2.75) is 72.6 Å². The first-order valence-corrected chi connectivity index (χ1v) is 12.2. The van der Waals surface area contributed by atoms with E-state index in [2.05, 4.69) is 64.2 Å². The Bertz CT molecular complexity index is 436. The molecule has 0 aromatic heterocycles. The Morgan fingerprint density at radius 2 is 1.24 bits per heavy atom. The summed E-state index contributed by atoms with van der Waals surface area (Å²) < 4.78 is 0.897. The zero-order chi connectivity index (χ0) is 15.3. The molecule has 0 aromatic rings. The van der Waals surface area contributed by atoms with Gasteiger partial charge in [-0.1, -0.05) is 0 Å². The molecule has 2 aliphatic rings. The van der Waals surface area contributed by atoms with Crippen molar-refractivity contribution in [3.8, 4) is 0 Å². The fourth-order valence-electron chi connectivity index (χ4n) is 3.48. The molecule has 0 N–H and O–H groups in total. The van der Waals surface area contributed by atoms with Crippen molar-refractivity contribution in [1.82, 2.24) is 0 Å². The van der Waals surface area contributed by atoms with Crippen molar-refractivity contribution < 1.29 is 22.9 Å².